The van der Waals surface area contributed by atoms with E-state index >= 15 is 0 Å². The Balaban J connectivity index is 1.70. The molecule has 0 radical (unpaired) electrons. The van der Waals surface area contributed by atoms with E-state index in [2.05, 4.69) is 15.9 Å². The summed E-state index contributed by atoms with van der Waals surface area (Å²) in [5.41, 5.74) is 0.113. The maximum atomic E-state index is 6.16. The Morgan fingerprint density at radius 3 is 2.94 bits per heavy atom. The highest BCUT2D eigenvalue weighted by Crippen LogP contribution is 2.43. The van der Waals surface area contributed by atoms with Crippen LogP contribution in [0.3, 0.4) is 0 Å². The van der Waals surface area contributed by atoms with E-state index in [1.807, 2.05) is 18.2 Å². The fourth-order valence-corrected chi connectivity index (χ4v) is 3.25. The van der Waals surface area contributed by atoms with Gasteiger partial charge in [0, 0.05) is 17.3 Å². The summed E-state index contributed by atoms with van der Waals surface area (Å²) in [6, 6.07) is 5.72. The summed E-state index contributed by atoms with van der Waals surface area (Å²) in [6.45, 7) is 0.802. The van der Waals surface area contributed by atoms with E-state index in [1.54, 1.807) is 0 Å². The van der Waals surface area contributed by atoms with Gasteiger partial charge < -0.3 is 9.47 Å². The Bertz CT molecular complexity index is 445. The summed E-state index contributed by atoms with van der Waals surface area (Å²) in [5, 5.41) is 0.673. The zero-order valence-corrected chi connectivity index (χ0v) is 12.5. The Hall–Kier alpha value is -0.250. The van der Waals surface area contributed by atoms with Crippen molar-refractivity contribution >= 4 is 27.5 Å². The summed E-state index contributed by atoms with van der Waals surface area (Å²) in [7, 11) is 0. The molecule has 1 saturated carbocycles. The van der Waals surface area contributed by atoms with Crippen LogP contribution in [0.4, 0.5) is 0 Å². The molecule has 1 heterocycles. The summed E-state index contributed by atoms with van der Waals surface area (Å²) in [6.07, 6.45) is 5.81. The molecule has 98 valence electrons. The lowest BCUT2D eigenvalue weighted by molar-refractivity contribution is -0.153. The van der Waals surface area contributed by atoms with Crippen molar-refractivity contribution in [3.63, 3.8) is 0 Å². The van der Waals surface area contributed by atoms with Gasteiger partial charge in [0.1, 0.15) is 11.9 Å². The monoisotopic (exact) mass is 330 g/mol. The molecule has 1 aromatic carbocycles. The zero-order valence-electron chi connectivity index (χ0n) is 10.1. The third-order valence-electron chi connectivity index (χ3n) is 3.90. The number of rotatable bonds is 2. The van der Waals surface area contributed by atoms with E-state index in [0.29, 0.717) is 5.02 Å². The average molecular weight is 332 g/mol. The summed E-state index contributed by atoms with van der Waals surface area (Å²) >= 11 is 9.60. The van der Waals surface area contributed by atoms with Crippen molar-refractivity contribution in [2.45, 2.75) is 43.8 Å². The van der Waals surface area contributed by atoms with E-state index in [-0.39, 0.29) is 11.7 Å². The van der Waals surface area contributed by atoms with Gasteiger partial charge in [-0.15, -0.1) is 0 Å². The van der Waals surface area contributed by atoms with Crippen LogP contribution < -0.4 is 4.74 Å². The third kappa shape index (κ3) is 2.54. The first-order valence-electron chi connectivity index (χ1n) is 6.43. The highest BCUT2D eigenvalue weighted by atomic mass is 79.9. The minimum Gasteiger partial charge on any atom is -0.489 e. The standard InChI is InChI=1S/C14H16BrClO2/c15-10-2-3-12(16)13(8-10)18-11-4-7-17-14(9-11)5-1-6-14/h2-3,8,11H,1,4-7,9H2. The van der Waals surface area contributed by atoms with Gasteiger partial charge in [0.05, 0.1) is 17.2 Å². The number of halogens is 2. The predicted molar refractivity (Wildman–Crippen MR) is 75.3 cm³/mol. The average Bonchev–Trinajstić information content (AvgIpc) is 2.32. The lowest BCUT2D eigenvalue weighted by Crippen LogP contribution is -2.48. The molecule has 2 nitrogen and oxygen atoms in total. The Labute approximate surface area is 121 Å². The van der Waals surface area contributed by atoms with E-state index in [0.717, 1.165) is 29.7 Å². The second-order valence-corrected chi connectivity index (χ2v) is 6.52. The molecule has 2 fully saturated rings. The van der Waals surface area contributed by atoms with E-state index in [4.69, 9.17) is 21.1 Å². The van der Waals surface area contributed by atoms with Crippen LogP contribution in [0.2, 0.25) is 5.02 Å². The SMILES string of the molecule is Clc1ccc(Br)cc1OC1CCOC2(CCC2)C1. The molecule has 0 N–H and O–H groups in total. The second kappa shape index (κ2) is 5.03. The first kappa shape index (κ1) is 12.8. The molecule has 1 unspecified atom stereocenters. The summed E-state index contributed by atoms with van der Waals surface area (Å²) in [4.78, 5) is 0. The van der Waals surface area contributed by atoms with Gasteiger partial charge in [0.2, 0.25) is 0 Å². The van der Waals surface area contributed by atoms with Crippen molar-refractivity contribution in [2.75, 3.05) is 6.61 Å². The largest absolute Gasteiger partial charge is 0.489 e. The molecule has 0 amide bonds. The van der Waals surface area contributed by atoms with Gasteiger partial charge in [-0.05, 0) is 37.5 Å². The summed E-state index contributed by atoms with van der Waals surface area (Å²) < 4.78 is 13.0. The van der Waals surface area contributed by atoms with Gasteiger partial charge in [-0.25, -0.2) is 0 Å². The first-order valence-corrected chi connectivity index (χ1v) is 7.60. The van der Waals surface area contributed by atoms with E-state index in [1.165, 1.54) is 19.3 Å². The fourth-order valence-electron chi connectivity index (χ4n) is 2.75. The van der Waals surface area contributed by atoms with Crippen LogP contribution in [0, 0.1) is 0 Å². The van der Waals surface area contributed by atoms with Crippen molar-refractivity contribution < 1.29 is 9.47 Å². The number of hydrogen-bond acceptors (Lipinski definition) is 2. The number of hydrogen-bond donors (Lipinski definition) is 0. The number of ether oxygens (including phenoxy) is 2. The topological polar surface area (TPSA) is 18.5 Å². The van der Waals surface area contributed by atoms with Gasteiger partial charge in [0.25, 0.3) is 0 Å². The number of benzene rings is 1. The molecular weight excluding hydrogens is 316 g/mol. The van der Waals surface area contributed by atoms with Gasteiger partial charge in [-0.1, -0.05) is 27.5 Å². The normalized spacial score (nSPS) is 25.8. The highest BCUT2D eigenvalue weighted by molar-refractivity contribution is 9.10. The lowest BCUT2D eigenvalue weighted by atomic mass is 9.74. The van der Waals surface area contributed by atoms with Crippen LogP contribution in [-0.2, 0) is 4.74 Å². The summed E-state index contributed by atoms with van der Waals surface area (Å²) in [5.74, 6) is 0.771. The van der Waals surface area contributed by atoms with E-state index in [9.17, 15) is 0 Å². The van der Waals surface area contributed by atoms with Gasteiger partial charge in [0.15, 0.2) is 0 Å². The maximum Gasteiger partial charge on any atom is 0.139 e. The molecule has 1 aromatic rings. The molecular formula is C14H16BrClO2. The quantitative estimate of drug-likeness (QED) is 0.789. The molecule has 1 atom stereocenters. The zero-order chi connectivity index (χ0) is 12.6. The smallest absolute Gasteiger partial charge is 0.139 e. The van der Waals surface area contributed by atoms with Crippen molar-refractivity contribution in [1.82, 2.24) is 0 Å². The molecule has 0 aromatic heterocycles. The molecule has 3 rings (SSSR count). The maximum absolute atomic E-state index is 6.16. The molecule has 1 aliphatic carbocycles. The van der Waals surface area contributed by atoms with Gasteiger partial charge >= 0.3 is 0 Å². The molecule has 1 saturated heterocycles. The van der Waals surface area contributed by atoms with Crippen LogP contribution in [0.1, 0.15) is 32.1 Å². The van der Waals surface area contributed by atoms with Crippen LogP contribution in [0.5, 0.6) is 5.75 Å². The first-order chi connectivity index (χ1) is 8.67. The fraction of sp³-hybridized carbons (Fsp3) is 0.571. The molecule has 2 aliphatic rings. The van der Waals surface area contributed by atoms with Crippen molar-refractivity contribution in [3.05, 3.63) is 27.7 Å². The van der Waals surface area contributed by atoms with Gasteiger partial charge in [-0.2, -0.15) is 0 Å². The second-order valence-electron chi connectivity index (χ2n) is 5.19. The Morgan fingerprint density at radius 1 is 1.39 bits per heavy atom. The van der Waals surface area contributed by atoms with Crippen LogP contribution in [-0.4, -0.2) is 18.3 Å². The van der Waals surface area contributed by atoms with Gasteiger partial charge in [-0.3, -0.25) is 0 Å². The highest BCUT2D eigenvalue weighted by Gasteiger charge is 2.43. The minimum atomic E-state index is 0.113. The molecule has 0 bridgehead atoms. The van der Waals surface area contributed by atoms with Crippen molar-refractivity contribution in [3.8, 4) is 5.75 Å². The Morgan fingerprint density at radius 2 is 2.22 bits per heavy atom. The lowest BCUT2D eigenvalue weighted by Gasteiger charge is -2.46. The van der Waals surface area contributed by atoms with Crippen LogP contribution >= 0.6 is 27.5 Å². The minimum absolute atomic E-state index is 0.113. The van der Waals surface area contributed by atoms with Crippen molar-refractivity contribution in [2.24, 2.45) is 0 Å². The molecule has 1 spiro atoms. The molecule has 18 heavy (non-hydrogen) atoms. The Kier molecular flexibility index (Phi) is 3.57. The van der Waals surface area contributed by atoms with Crippen LogP contribution in [0.15, 0.2) is 22.7 Å². The van der Waals surface area contributed by atoms with Crippen LogP contribution in [0.25, 0.3) is 0 Å². The van der Waals surface area contributed by atoms with E-state index < -0.39 is 0 Å². The molecule has 1 aliphatic heterocycles. The third-order valence-corrected chi connectivity index (χ3v) is 4.70. The van der Waals surface area contributed by atoms with Crippen molar-refractivity contribution in [1.29, 1.82) is 0 Å². The molecule has 4 heteroatoms. The predicted octanol–water partition coefficient (Wildman–Crippen LogP) is 4.58.